The van der Waals surface area contributed by atoms with E-state index in [-0.39, 0.29) is 5.60 Å². The topological polar surface area (TPSA) is 64.3 Å². The lowest BCUT2D eigenvalue weighted by atomic mass is 9.76. The van der Waals surface area contributed by atoms with E-state index in [4.69, 9.17) is 9.82 Å². The number of aryl methyl sites for hydroxylation is 2. The molecule has 0 bridgehead atoms. The van der Waals surface area contributed by atoms with Crippen molar-refractivity contribution in [2.24, 2.45) is 5.16 Å². The first-order valence-corrected chi connectivity index (χ1v) is 10.6. The minimum Gasteiger partial charge on any atom is -0.389 e. The van der Waals surface area contributed by atoms with Gasteiger partial charge in [0.25, 0.3) is 0 Å². The van der Waals surface area contributed by atoms with Gasteiger partial charge in [-0.1, -0.05) is 24.4 Å². The Kier molecular flexibility index (Phi) is 4.10. The van der Waals surface area contributed by atoms with Crippen LogP contribution >= 0.6 is 0 Å². The molecular weight excluding hydrogens is 338 g/mol. The molecular formula is C21H29N5O. The van der Waals surface area contributed by atoms with E-state index in [0.29, 0.717) is 6.04 Å². The summed E-state index contributed by atoms with van der Waals surface area (Å²) in [6.45, 7) is 5.04. The molecule has 0 atom stereocenters. The van der Waals surface area contributed by atoms with E-state index < -0.39 is 0 Å². The van der Waals surface area contributed by atoms with Crippen LogP contribution in [0, 0.1) is 6.92 Å². The van der Waals surface area contributed by atoms with Gasteiger partial charge in [0.05, 0.1) is 28.7 Å². The van der Waals surface area contributed by atoms with Crippen LogP contribution in [0.3, 0.4) is 0 Å². The molecule has 2 aromatic heterocycles. The second kappa shape index (κ2) is 6.50. The van der Waals surface area contributed by atoms with Gasteiger partial charge in [-0.15, -0.1) is 0 Å². The van der Waals surface area contributed by atoms with E-state index in [1.807, 2.05) is 10.9 Å². The largest absolute Gasteiger partial charge is 0.389 e. The van der Waals surface area contributed by atoms with Crippen LogP contribution < -0.4 is 5.32 Å². The molecule has 2 aromatic rings. The summed E-state index contributed by atoms with van der Waals surface area (Å²) in [6.07, 6.45) is 12.8. The molecule has 6 nitrogen and oxygen atoms in total. The predicted molar refractivity (Wildman–Crippen MR) is 107 cm³/mol. The van der Waals surface area contributed by atoms with Gasteiger partial charge in [-0.2, -0.15) is 5.10 Å². The number of anilines is 1. The third kappa shape index (κ3) is 2.80. The number of pyridine rings is 1. The number of fused-ring (bicyclic) bond motifs is 1. The Labute approximate surface area is 160 Å². The average Bonchev–Trinajstić information content (AvgIpc) is 3.27. The smallest absolute Gasteiger partial charge is 0.160 e. The van der Waals surface area contributed by atoms with Gasteiger partial charge >= 0.3 is 0 Å². The summed E-state index contributed by atoms with van der Waals surface area (Å²) in [5.41, 5.74) is 5.33. The SMILES string of the molecule is CCn1ncc2c(NC3CCCCC3)c(C3=NOC4(CCC4)C3)c(C)nc21. The highest BCUT2D eigenvalue weighted by atomic mass is 16.7. The van der Waals surface area contributed by atoms with Crippen molar-refractivity contribution in [3.8, 4) is 0 Å². The molecule has 0 unspecified atom stereocenters. The van der Waals surface area contributed by atoms with E-state index in [2.05, 4.69) is 29.4 Å². The molecule has 2 fully saturated rings. The molecule has 27 heavy (non-hydrogen) atoms. The zero-order chi connectivity index (χ0) is 18.4. The quantitative estimate of drug-likeness (QED) is 0.861. The van der Waals surface area contributed by atoms with E-state index in [9.17, 15) is 0 Å². The van der Waals surface area contributed by atoms with Crippen LogP contribution in [0.1, 0.15) is 76.0 Å². The third-order valence-corrected chi connectivity index (χ3v) is 6.61. The van der Waals surface area contributed by atoms with Crippen molar-refractivity contribution in [2.75, 3.05) is 5.32 Å². The summed E-state index contributed by atoms with van der Waals surface area (Å²) in [6, 6.07) is 0.521. The molecule has 144 valence electrons. The van der Waals surface area contributed by atoms with Crippen LogP contribution in [-0.4, -0.2) is 32.1 Å². The van der Waals surface area contributed by atoms with Crippen LogP contribution in [0.25, 0.3) is 11.0 Å². The molecule has 2 aliphatic carbocycles. The molecule has 0 saturated heterocycles. The molecule has 6 heteroatoms. The van der Waals surface area contributed by atoms with E-state index in [0.717, 1.165) is 53.8 Å². The van der Waals surface area contributed by atoms with Crippen LogP contribution in [0.5, 0.6) is 0 Å². The molecule has 5 rings (SSSR count). The zero-order valence-electron chi connectivity index (χ0n) is 16.4. The van der Waals surface area contributed by atoms with Crippen molar-refractivity contribution < 1.29 is 4.84 Å². The first kappa shape index (κ1) is 17.0. The molecule has 1 aliphatic heterocycles. The number of nitrogens with one attached hydrogen (secondary N) is 1. The Bertz CT molecular complexity index is 890. The average molecular weight is 367 g/mol. The number of oxime groups is 1. The molecule has 0 aromatic carbocycles. The van der Waals surface area contributed by atoms with Gasteiger partial charge < -0.3 is 10.2 Å². The summed E-state index contributed by atoms with van der Waals surface area (Å²) >= 11 is 0. The summed E-state index contributed by atoms with van der Waals surface area (Å²) in [7, 11) is 0. The molecule has 1 N–H and O–H groups in total. The van der Waals surface area contributed by atoms with Gasteiger partial charge in [-0.25, -0.2) is 9.67 Å². The van der Waals surface area contributed by atoms with Crippen molar-refractivity contribution in [3.05, 3.63) is 17.5 Å². The molecule has 3 aliphatic rings. The van der Waals surface area contributed by atoms with Crippen LogP contribution in [-0.2, 0) is 11.4 Å². The van der Waals surface area contributed by atoms with Crippen LogP contribution in [0.4, 0.5) is 5.69 Å². The molecule has 0 amide bonds. The van der Waals surface area contributed by atoms with Gasteiger partial charge in [0.15, 0.2) is 5.65 Å². The maximum absolute atomic E-state index is 5.89. The summed E-state index contributed by atoms with van der Waals surface area (Å²) in [5.74, 6) is 0. The predicted octanol–water partition coefficient (Wildman–Crippen LogP) is 4.55. The van der Waals surface area contributed by atoms with Crippen molar-refractivity contribution in [1.82, 2.24) is 14.8 Å². The molecule has 3 heterocycles. The van der Waals surface area contributed by atoms with Gasteiger partial charge in [-0.05, 0) is 46.0 Å². The highest BCUT2D eigenvalue weighted by Crippen LogP contribution is 2.45. The number of rotatable bonds is 4. The molecule has 2 saturated carbocycles. The molecule has 0 radical (unpaired) electrons. The molecule has 1 spiro atoms. The monoisotopic (exact) mass is 367 g/mol. The lowest BCUT2D eigenvalue weighted by Crippen LogP contribution is -2.37. The van der Waals surface area contributed by atoms with Crippen molar-refractivity contribution in [2.45, 2.75) is 89.8 Å². The second-order valence-corrected chi connectivity index (χ2v) is 8.47. The maximum atomic E-state index is 5.89. The van der Waals surface area contributed by atoms with Gasteiger partial charge in [0.2, 0.25) is 0 Å². The maximum Gasteiger partial charge on any atom is 0.160 e. The zero-order valence-corrected chi connectivity index (χ0v) is 16.4. The third-order valence-electron chi connectivity index (χ3n) is 6.61. The second-order valence-electron chi connectivity index (χ2n) is 8.47. The first-order chi connectivity index (χ1) is 13.2. The fraction of sp³-hybridized carbons (Fsp3) is 0.667. The van der Waals surface area contributed by atoms with Gasteiger partial charge in [0, 0.05) is 24.6 Å². The lowest BCUT2D eigenvalue weighted by Gasteiger charge is -2.34. The highest BCUT2D eigenvalue weighted by molar-refractivity contribution is 6.12. The van der Waals surface area contributed by atoms with Crippen molar-refractivity contribution >= 4 is 22.4 Å². The Morgan fingerprint density at radius 1 is 1.22 bits per heavy atom. The van der Waals surface area contributed by atoms with E-state index in [1.165, 1.54) is 44.2 Å². The first-order valence-electron chi connectivity index (χ1n) is 10.6. The Balaban J connectivity index is 1.60. The van der Waals surface area contributed by atoms with E-state index >= 15 is 0 Å². The fourth-order valence-corrected chi connectivity index (χ4v) is 4.88. The Hall–Kier alpha value is -2.11. The Morgan fingerprint density at radius 3 is 2.70 bits per heavy atom. The summed E-state index contributed by atoms with van der Waals surface area (Å²) < 4.78 is 1.98. The number of aromatic nitrogens is 3. The summed E-state index contributed by atoms with van der Waals surface area (Å²) in [4.78, 5) is 10.8. The normalized spacial score (nSPS) is 21.9. The standard InChI is InChI=1S/C21H29N5O/c1-3-26-20-16(13-22-26)19(24-15-8-5-4-6-9-15)18(14(2)23-20)17-12-21(27-25-17)10-7-11-21/h13,15H,3-12H2,1-2H3,(H,23,24). The fourth-order valence-electron chi connectivity index (χ4n) is 4.88. The van der Waals surface area contributed by atoms with Crippen LogP contribution in [0.15, 0.2) is 11.4 Å². The Morgan fingerprint density at radius 2 is 2.04 bits per heavy atom. The van der Waals surface area contributed by atoms with Crippen molar-refractivity contribution in [3.63, 3.8) is 0 Å². The van der Waals surface area contributed by atoms with Gasteiger partial charge in [-0.3, -0.25) is 0 Å². The lowest BCUT2D eigenvalue weighted by molar-refractivity contribution is -0.0755. The summed E-state index contributed by atoms with van der Waals surface area (Å²) in [5, 5.41) is 14.1. The minimum atomic E-state index is -0.0353. The highest BCUT2D eigenvalue weighted by Gasteiger charge is 2.45. The van der Waals surface area contributed by atoms with E-state index in [1.54, 1.807) is 0 Å². The minimum absolute atomic E-state index is 0.0353. The number of hydrogen-bond acceptors (Lipinski definition) is 5. The number of hydrogen-bond donors (Lipinski definition) is 1. The number of nitrogens with zero attached hydrogens (tertiary/aromatic N) is 4. The van der Waals surface area contributed by atoms with Gasteiger partial charge in [0.1, 0.15) is 5.60 Å². The van der Waals surface area contributed by atoms with Crippen molar-refractivity contribution in [1.29, 1.82) is 0 Å². The van der Waals surface area contributed by atoms with Crippen LogP contribution in [0.2, 0.25) is 0 Å².